The van der Waals surface area contributed by atoms with Crippen LogP contribution < -0.4 is 10.2 Å². The number of fused-ring (bicyclic) bond motifs is 1. The minimum Gasteiger partial charge on any atom is -0.375 e. The van der Waals surface area contributed by atoms with E-state index in [0.29, 0.717) is 56.6 Å². The second kappa shape index (κ2) is 10.4. The molecule has 3 saturated heterocycles. The number of anilines is 1. The van der Waals surface area contributed by atoms with Gasteiger partial charge in [0.05, 0.1) is 28.3 Å². The van der Waals surface area contributed by atoms with Crippen LogP contribution in [0.2, 0.25) is 0 Å². The number of carbonyl (C=O) groups is 4. The normalized spacial score (nSPS) is 25.6. The van der Waals surface area contributed by atoms with Gasteiger partial charge in [-0.3, -0.25) is 24.1 Å². The van der Waals surface area contributed by atoms with Gasteiger partial charge in [0.25, 0.3) is 11.8 Å². The summed E-state index contributed by atoms with van der Waals surface area (Å²) in [5.41, 5.74) is 1.29. The fourth-order valence-corrected chi connectivity index (χ4v) is 6.28. The lowest BCUT2D eigenvalue weighted by Gasteiger charge is -2.39. The maximum absolute atomic E-state index is 13.6. The number of nitrogens with one attached hydrogen (secondary N) is 1. The van der Waals surface area contributed by atoms with E-state index in [-0.39, 0.29) is 41.2 Å². The number of benzene rings is 1. The van der Waals surface area contributed by atoms with Crippen LogP contribution in [-0.2, 0) is 14.3 Å². The first-order valence-corrected chi connectivity index (χ1v) is 13.7. The molecule has 0 radical (unpaired) electrons. The third kappa shape index (κ3) is 5.23. The lowest BCUT2D eigenvalue weighted by atomic mass is 9.93. The largest absolute Gasteiger partial charge is 0.375 e. The molecule has 37 heavy (non-hydrogen) atoms. The number of imide groups is 1. The van der Waals surface area contributed by atoms with Crippen LogP contribution in [0.1, 0.15) is 79.5 Å². The zero-order valence-corrected chi connectivity index (χ0v) is 22.0. The molecule has 4 heterocycles. The molecule has 3 fully saturated rings. The summed E-state index contributed by atoms with van der Waals surface area (Å²) in [7, 11) is 0. The Morgan fingerprint density at radius 2 is 1.95 bits per heavy atom. The van der Waals surface area contributed by atoms with E-state index in [1.807, 2.05) is 30.9 Å². The van der Waals surface area contributed by atoms with Gasteiger partial charge in [0.1, 0.15) is 0 Å². The molecular formula is C28H38N4O5. The number of nitrogens with zero attached hydrogens (tertiary/aromatic N) is 3. The Morgan fingerprint density at radius 1 is 1.11 bits per heavy atom. The van der Waals surface area contributed by atoms with Crippen molar-refractivity contribution < 1.29 is 23.9 Å². The lowest BCUT2D eigenvalue weighted by molar-refractivity contribution is -0.127. The van der Waals surface area contributed by atoms with Crippen LogP contribution >= 0.6 is 0 Å². The van der Waals surface area contributed by atoms with Crippen LogP contribution in [0.5, 0.6) is 0 Å². The van der Waals surface area contributed by atoms with Crippen molar-refractivity contribution in [2.24, 2.45) is 5.92 Å². The molecule has 1 aromatic rings. The molecule has 4 aliphatic heterocycles. The number of hydrogen-bond donors (Lipinski definition) is 1. The van der Waals surface area contributed by atoms with Gasteiger partial charge in [-0.05, 0) is 64.5 Å². The molecule has 0 aliphatic carbocycles. The summed E-state index contributed by atoms with van der Waals surface area (Å²) in [6, 6.07) is 5.29. The second-order valence-electron chi connectivity index (χ2n) is 11.3. The Bertz CT molecular complexity index is 1090. The summed E-state index contributed by atoms with van der Waals surface area (Å²) in [5, 5.41) is 3.04. The van der Waals surface area contributed by atoms with E-state index in [1.54, 1.807) is 6.07 Å². The fourth-order valence-electron chi connectivity index (χ4n) is 6.28. The molecule has 2 atom stereocenters. The average Bonchev–Trinajstić information content (AvgIpc) is 3.40. The van der Waals surface area contributed by atoms with E-state index >= 15 is 0 Å². The van der Waals surface area contributed by atoms with Crippen LogP contribution in [-0.4, -0.2) is 84.4 Å². The van der Waals surface area contributed by atoms with Crippen molar-refractivity contribution in [3.8, 4) is 0 Å². The van der Waals surface area contributed by atoms with Gasteiger partial charge in [0, 0.05) is 51.8 Å². The smallest absolute Gasteiger partial charge is 0.263 e. The van der Waals surface area contributed by atoms with Gasteiger partial charge in [-0.15, -0.1) is 0 Å². The third-order valence-electron chi connectivity index (χ3n) is 8.17. The zero-order chi connectivity index (χ0) is 26.2. The topological polar surface area (TPSA) is 99.3 Å². The van der Waals surface area contributed by atoms with Crippen molar-refractivity contribution in [2.45, 2.75) is 70.4 Å². The number of ether oxygens (including phenoxy) is 1. The Labute approximate surface area is 218 Å². The van der Waals surface area contributed by atoms with E-state index in [1.165, 1.54) is 4.90 Å². The molecule has 0 spiro atoms. The first kappa shape index (κ1) is 25.7. The standard InChI is InChI=1S/C28H38N4O5/c1-28(2)17-20(11-16-37-28)32-26(35)21-8-3-9-22(24(21)27(32)36)31-14-4-7-19(18-31)25(34)29-12-6-15-30-13-5-10-23(30)33/h3,8-9,19-20H,4-7,10-18H2,1-2H3,(H,29,34)/t19-,20-/m1/s1. The molecule has 4 amide bonds. The van der Waals surface area contributed by atoms with Crippen molar-refractivity contribution in [3.63, 3.8) is 0 Å². The van der Waals surface area contributed by atoms with Crippen LogP contribution in [0.4, 0.5) is 5.69 Å². The Balaban J connectivity index is 1.23. The summed E-state index contributed by atoms with van der Waals surface area (Å²) in [6.45, 7) is 7.81. The number of amides is 4. The molecule has 1 N–H and O–H groups in total. The number of hydrogen-bond acceptors (Lipinski definition) is 6. The summed E-state index contributed by atoms with van der Waals surface area (Å²) >= 11 is 0. The highest BCUT2D eigenvalue weighted by molar-refractivity contribution is 6.24. The van der Waals surface area contributed by atoms with E-state index in [9.17, 15) is 19.2 Å². The van der Waals surface area contributed by atoms with Gasteiger partial charge in [-0.1, -0.05) is 6.07 Å². The second-order valence-corrected chi connectivity index (χ2v) is 11.3. The summed E-state index contributed by atoms with van der Waals surface area (Å²) in [5.74, 6) is -0.429. The van der Waals surface area contributed by atoms with Gasteiger partial charge in [-0.25, -0.2) is 0 Å². The van der Waals surface area contributed by atoms with Crippen molar-refractivity contribution in [1.29, 1.82) is 0 Å². The summed E-state index contributed by atoms with van der Waals surface area (Å²) in [6.07, 6.45) is 5.18. The van der Waals surface area contributed by atoms with Gasteiger partial charge < -0.3 is 19.9 Å². The highest BCUT2D eigenvalue weighted by Gasteiger charge is 2.45. The molecule has 5 rings (SSSR count). The van der Waals surface area contributed by atoms with Gasteiger partial charge in [0.2, 0.25) is 11.8 Å². The molecule has 200 valence electrons. The molecule has 0 aromatic heterocycles. The van der Waals surface area contributed by atoms with Crippen LogP contribution in [0.3, 0.4) is 0 Å². The summed E-state index contributed by atoms with van der Waals surface area (Å²) in [4.78, 5) is 57.1. The molecule has 9 heteroatoms. The van der Waals surface area contributed by atoms with E-state index in [0.717, 1.165) is 44.5 Å². The highest BCUT2D eigenvalue weighted by Crippen LogP contribution is 2.38. The van der Waals surface area contributed by atoms with Crippen molar-refractivity contribution in [1.82, 2.24) is 15.1 Å². The Kier molecular flexibility index (Phi) is 7.25. The zero-order valence-electron chi connectivity index (χ0n) is 22.0. The number of rotatable bonds is 7. The van der Waals surface area contributed by atoms with Gasteiger partial charge in [0.15, 0.2) is 0 Å². The molecular weight excluding hydrogens is 472 g/mol. The van der Waals surface area contributed by atoms with Crippen LogP contribution in [0, 0.1) is 5.92 Å². The lowest BCUT2D eigenvalue weighted by Crippen LogP contribution is -2.48. The fraction of sp³-hybridized carbons (Fsp3) is 0.643. The molecule has 0 unspecified atom stereocenters. The van der Waals surface area contributed by atoms with E-state index in [4.69, 9.17) is 4.74 Å². The minimum absolute atomic E-state index is 0.0125. The molecule has 1 aromatic carbocycles. The monoisotopic (exact) mass is 510 g/mol. The predicted octanol–water partition coefficient (Wildman–Crippen LogP) is 2.59. The molecule has 4 aliphatic rings. The van der Waals surface area contributed by atoms with Crippen molar-refractivity contribution in [3.05, 3.63) is 29.3 Å². The van der Waals surface area contributed by atoms with Crippen LogP contribution in [0.15, 0.2) is 18.2 Å². The average molecular weight is 511 g/mol. The first-order chi connectivity index (χ1) is 17.7. The first-order valence-electron chi connectivity index (χ1n) is 13.7. The SMILES string of the molecule is CC1(C)C[C@H](N2C(=O)c3cccc(N4CCC[C@@H](C(=O)NCCCN5CCCC5=O)C4)c3C2=O)CCO1. The van der Waals surface area contributed by atoms with Crippen molar-refractivity contribution in [2.75, 3.05) is 44.2 Å². The third-order valence-corrected chi connectivity index (χ3v) is 8.17. The van der Waals surface area contributed by atoms with Crippen LogP contribution in [0.25, 0.3) is 0 Å². The number of likely N-dealkylation sites (tertiary alicyclic amines) is 1. The Morgan fingerprint density at radius 3 is 2.70 bits per heavy atom. The molecule has 9 nitrogen and oxygen atoms in total. The van der Waals surface area contributed by atoms with E-state index < -0.39 is 0 Å². The maximum Gasteiger partial charge on any atom is 0.263 e. The quantitative estimate of drug-likeness (QED) is 0.447. The molecule has 0 bridgehead atoms. The minimum atomic E-state index is -0.376. The number of carbonyl (C=O) groups excluding carboxylic acids is 4. The molecule has 0 saturated carbocycles. The van der Waals surface area contributed by atoms with Gasteiger partial charge in [-0.2, -0.15) is 0 Å². The van der Waals surface area contributed by atoms with Gasteiger partial charge >= 0.3 is 0 Å². The highest BCUT2D eigenvalue weighted by atomic mass is 16.5. The maximum atomic E-state index is 13.6. The predicted molar refractivity (Wildman–Crippen MR) is 138 cm³/mol. The van der Waals surface area contributed by atoms with E-state index in [2.05, 4.69) is 10.2 Å². The number of piperidine rings is 1. The van der Waals surface area contributed by atoms with Crippen molar-refractivity contribution >= 4 is 29.3 Å². The Hall–Kier alpha value is -2.94. The summed E-state index contributed by atoms with van der Waals surface area (Å²) < 4.78 is 5.81.